The van der Waals surface area contributed by atoms with Gasteiger partial charge in [-0.15, -0.1) is 11.3 Å². The molecule has 2 aromatic rings. The molecule has 0 bridgehead atoms. The van der Waals surface area contributed by atoms with Crippen molar-refractivity contribution in [2.45, 2.75) is 12.7 Å². The molecule has 1 aromatic heterocycles. The Morgan fingerprint density at radius 3 is 2.72 bits per heavy atom. The summed E-state index contributed by atoms with van der Waals surface area (Å²) >= 11 is -1.34. The smallest absolute Gasteiger partial charge is 0.417 e. The third-order valence-corrected chi connectivity index (χ3v) is 3.74. The molecule has 1 aromatic carbocycles. The van der Waals surface area contributed by atoms with Gasteiger partial charge >= 0.3 is 6.18 Å². The highest BCUT2D eigenvalue weighted by atomic mass is 32.2. The summed E-state index contributed by atoms with van der Waals surface area (Å²) in [5, 5.41) is 1.59. The highest BCUT2D eigenvalue weighted by Gasteiger charge is 2.33. The van der Waals surface area contributed by atoms with Gasteiger partial charge in [0.05, 0.1) is 5.56 Å². The van der Waals surface area contributed by atoms with Gasteiger partial charge in [-0.3, -0.25) is 4.21 Å². The van der Waals surface area contributed by atoms with Gasteiger partial charge in [-0.1, -0.05) is 6.07 Å². The second kappa shape index (κ2) is 4.96. The maximum atomic E-state index is 12.8. The maximum Gasteiger partial charge on any atom is 0.417 e. The minimum atomic E-state index is -4.45. The van der Waals surface area contributed by atoms with E-state index < -0.39 is 23.0 Å². The first-order valence-electron chi connectivity index (χ1n) is 4.78. The summed E-state index contributed by atoms with van der Waals surface area (Å²) in [7, 11) is 0. The lowest BCUT2D eigenvalue weighted by atomic mass is 10.1. The van der Waals surface area contributed by atoms with Gasteiger partial charge in [0, 0.05) is 27.9 Å². The van der Waals surface area contributed by atoms with Gasteiger partial charge < -0.3 is 4.55 Å². The molecule has 0 saturated heterocycles. The summed E-state index contributed by atoms with van der Waals surface area (Å²) in [5.41, 5.74) is -0.415. The van der Waals surface area contributed by atoms with Gasteiger partial charge in [0.1, 0.15) is 0 Å². The van der Waals surface area contributed by atoms with Crippen molar-refractivity contribution in [3.05, 3.63) is 34.7 Å². The first kappa shape index (κ1) is 13.5. The Balaban J connectivity index is 2.52. The van der Waals surface area contributed by atoms with Crippen LogP contribution in [0.3, 0.4) is 0 Å². The molecule has 0 aliphatic heterocycles. The SMILES string of the molecule is O=S([O-])NCc1csc2cccc(C(F)(F)F)c12. The van der Waals surface area contributed by atoms with Crippen LogP contribution in [0.1, 0.15) is 11.1 Å². The Kier molecular flexibility index (Phi) is 3.71. The molecule has 0 saturated carbocycles. The Morgan fingerprint density at radius 2 is 2.11 bits per heavy atom. The molecule has 1 N–H and O–H groups in total. The van der Waals surface area contributed by atoms with Crippen LogP contribution in [-0.2, 0) is 24.0 Å². The van der Waals surface area contributed by atoms with Crippen LogP contribution >= 0.6 is 11.3 Å². The van der Waals surface area contributed by atoms with Crippen LogP contribution in [0.15, 0.2) is 23.6 Å². The average molecular weight is 294 g/mol. The van der Waals surface area contributed by atoms with Crippen LogP contribution in [0.2, 0.25) is 0 Å². The highest BCUT2D eigenvalue weighted by molar-refractivity contribution is 7.77. The van der Waals surface area contributed by atoms with E-state index in [0.29, 0.717) is 10.3 Å². The van der Waals surface area contributed by atoms with E-state index in [-0.39, 0.29) is 11.9 Å². The van der Waals surface area contributed by atoms with E-state index in [1.165, 1.54) is 11.4 Å². The number of alkyl halides is 3. The van der Waals surface area contributed by atoms with E-state index in [2.05, 4.69) is 4.72 Å². The number of hydrogen-bond donors (Lipinski definition) is 1. The molecule has 3 nitrogen and oxygen atoms in total. The number of nitrogens with one attached hydrogen (secondary N) is 1. The van der Waals surface area contributed by atoms with Crippen molar-refractivity contribution in [1.29, 1.82) is 0 Å². The number of halogens is 3. The summed E-state index contributed by atoms with van der Waals surface area (Å²) < 4.78 is 61.8. The van der Waals surface area contributed by atoms with Crippen molar-refractivity contribution >= 4 is 32.7 Å². The van der Waals surface area contributed by atoms with Crippen LogP contribution in [0.25, 0.3) is 10.1 Å². The normalized spacial score (nSPS) is 14.0. The summed E-state index contributed by atoms with van der Waals surface area (Å²) in [6.45, 7) is -0.150. The second-order valence-electron chi connectivity index (χ2n) is 3.49. The minimum absolute atomic E-state index is 0.0629. The van der Waals surface area contributed by atoms with E-state index in [4.69, 9.17) is 0 Å². The third kappa shape index (κ3) is 2.72. The molecule has 1 unspecified atom stereocenters. The van der Waals surface area contributed by atoms with Crippen LogP contribution < -0.4 is 4.72 Å². The number of thiophene rings is 1. The summed E-state index contributed by atoms with van der Waals surface area (Å²) in [6.07, 6.45) is -4.45. The molecular weight excluding hydrogens is 287 g/mol. The predicted molar refractivity (Wildman–Crippen MR) is 62.6 cm³/mol. The topological polar surface area (TPSA) is 52.2 Å². The van der Waals surface area contributed by atoms with Gasteiger partial charge in [0.2, 0.25) is 0 Å². The van der Waals surface area contributed by atoms with E-state index in [0.717, 1.165) is 17.4 Å². The van der Waals surface area contributed by atoms with Crippen molar-refractivity contribution in [3.8, 4) is 0 Å². The highest BCUT2D eigenvalue weighted by Crippen LogP contribution is 2.38. The van der Waals surface area contributed by atoms with Crippen LogP contribution in [0.5, 0.6) is 0 Å². The lowest BCUT2D eigenvalue weighted by molar-refractivity contribution is -0.136. The summed E-state index contributed by atoms with van der Waals surface area (Å²) in [5.74, 6) is 0. The van der Waals surface area contributed by atoms with Gasteiger partial charge in [0.25, 0.3) is 0 Å². The zero-order valence-electron chi connectivity index (χ0n) is 8.78. The number of fused-ring (bicyclic) bond motifs is 1. The summed E-state index contributed by atoms with van der Waals surface area (Å²) in [4.78, 5) is 0. The first-order chi connectivity index (χ1) is 8.39. The molecular formula is C10H7F3NO2S2-. The molecule has 0 aliphatic rings. The quantitative estimate of drug-likeness (QED) is 0.885. The van der Waals surface area contributed by atoms with Crippen molar-refractivity contribution < 1.29 is 21.9 Å². The molecule has 1 atom stereocenters. The van der Waals surface area contributed by atoms with Crippen molar-refractivity contribution in [2.24, 2.45) is 0 Å². The number of rotatable bonds is 3. The molecule has 98 valence electrons. The molecule has 0 fully saturated rings. The minimum Gasteiger partial charge on any atom is -0.760 e. The van der Waals surface area contributed by atoms with Crippen LogP contribution in [0.4, 0.5) is 13.2 Å². The molecule has 0 amide bonds. The van der Waals surface area contributed by atoms with Gasteiger partial charge in [0.15, 0.2) is 0 Å². The molecule has 0 spiro atoms. The van der Waals surface area contributed by atoms with E-state index >= 15 is 0 Å². The molecule has 18 heavy (non-hydrogen) atoms. The number of benzene rings is 1. The van der Waals surface area contributed by atoms with Gasteiger partial charge in [-0.2, -0.15) is 13.2 Å². The third-order valence-electron chi connectivity index (χ3n) is 2.36. The zero-order valence-corrected chi connectivity index (χ0v) is 10.4. The molecule has 1 heterocycles. The molecule has 0 aliphatic carbocycles. The Labute approximate surface area is 107 Å². The average Bonchev–Trinajstić information content (AvgIpc) is 2.67. The largest absolute Gasteiger partial charge is 0.760 e. The standard InChI is InChI=1S/C10H8F3NO2S2/c11-10(12,13)7-2-1-3-8-9(7)6(5-17-8)4-14-18(15)16/h1-3,5,14H,4H2,(H,15,16)/p-1. The fourth-order valence-corrected chi connectivity index (χ4v) is 2.92. The fraction of sp³-hybridized carbons (Fsp3) is 0.200. The lowest BCUT2D eigenvalue weighted by Gasteiger charge is -2.11. The number of hydrogen-bond acceptors (Lipinski definition) is 3. The predicted octanol–water partition coefficient (Wildman–Crippen LogP) is 2.80. The molecule has 8 heteroatoms. The second-order valence-corrected chi connectivity index (χ2v) is 5.16. The Morgan fingerprint density at radius 1 is 1.39 bits per heavy atom. The van der Waals surface area contributed by atoms with Crippen LogP contribution in [0, 0.1) is 0 Å². The van der Waals surface area contributed by atoms with E-state index in [1.807, 2.05) is 0 Å². The first-order valence-corrected chi connectivity index (χ1v) is 6.74. The monoisotopic (exact) mass is 294 g/mol. The van der Waals surface area contributed by atoms with Gasteiger partial charge in [-0.05, 0) is 23.1 Å². The van der Waals surface area contributed by atoms with Gasteiger partial charge in [-0.25, -0.2) is 4.72 Å². The Hall–Kier alpha value is -0.960. The lowest BCUT2D eigenvalue weighted by Crippen LogP contribution is -2.16. The Bertz CT molecular complexity index is 594. The van der Waals surface area contributed by atoms with E-state index in [1.54, 1.807) is 6.07 Å². The fourth-order valence-electron chi connectivity index (χ4n) is 1.66. The maximum absolute atomic E-state index is 12.8. The van der Waals surface area contributed by atoms with Crippen molar-refractivity contribution in [3.63, 3.8) is 0 Å². The van der Waals surface area contributed by atoms with Crippen LogP contribution in [-0.4, -0.2) is 8.76 Å². The zero-order chi connectivity index (χ0) is 13.3. The molecule has 0 radical (unpaired) electrons. The molecule has 2 rings (SSSR count). The van der Waals surface area contributed by atoms with Crippen molar-refractivity contribution in [1.82, 2.24) is 4.72 Å². The van der Waals surface area contributed by atoms with E-state index in [9.17, 15) is 21.9 Å². The summed E-state index contributed by atoms with van der Waals surface area (Å²) in [6, 6.07) is 3.91. The van der Waals surface area contributed by atoms with Crippen molar-refractivity contribution in [2.75, 3.05) is 0 Å².